The summed E-state index contributed by atoms with van der Waals surface area (Å²) in [5, 5.41) is 5.10. The normalized spacial score (nSPS) is 18.7. The van der Waals surface area contributed by atoms with Gasteiger partial charge in [-0.15, -0.1) is 0 Å². The summed E-state index contributed by atoms with van der Waals surface area (Å²) in [5.74, 6) is 0. The second kappa shape index (κ2) is 4.39. The van der Waals surface area contributed by atoms with Gasteiger partial charge in [0.2, 0.25) is 0 Å². The molecule has 1 aromatic carbocycles. The van der Waals surface area contributed by atoms with Crippen LogP contribution in [0.5, 0.6) is 0 Å². The highest BCUT2D eigenvalue weighted by Crippen LogP contribution is 2.29. The smallest absolute Gasteiger partial charge is 0.0893 e. The molecule has 1 aromatic heterocycles. The summed E-state index contributed by atoms with van der Waals surface area (Å²) in [4.78, 5) is 0. The molecule has 2 heterocycles. The van der Waals surface area contributed by atoms with E-state index in [0.29, 0.717) is 18.2 Å². The number of aryl methyl sites for hydroxylation is 1. The minimum Gasteiger partial charge on any atom is -0.373 e. The van der Waals surface area contributed by atoms with Gasteiger partial charge in [0, 0.05) is 5.56 Å². The third-order valence-electron chi connectivity index (χ3n) is 3.24. The third-order valence-corrected chi connectivity index (χ3v) is 3.73. The number of hydrogen-bond acceptors (Lipinski definition) is 3. The Hall–Kier alpha value is -1.36. The highest BCUT2D eigenvalue weighted by Gasteiger charge is 2.23. The number of rotatable bonds is 1. The maximum absolute atomic E-state index is 6.33. The topological polar surface area (TPSA) is 53.1 Å². The molecular formula is C13H14ClN3O. The fourth-order valence-corrected chi connectivity index (χ4v) is 2.42. The molecule has 0 bridgehead atoms. The standard InChI is InChI=1S/C13H14ClN3O/c1-8-3-2-4-11(13(8)14)17-12-7-18-6-10(15)9(12)5-16-17/h2-5,10H,6-7,15H2,1H3/t10-/m1/s1. The van der Waals surface area contributed by atoms with Crippen LogP contribution in [0.1, 0.15) is 22.9 Å². The first kappa shape index (κ1) is 11.7. The van der Waals surface area contributed by atoms with Crippen molar-refractivity contribution in [1.29, 1.82) is 0 Å². The van der Waals surface area contributed by atoms with Gasteiger partial charge in [-0.1, -0.05) is 23.7 Å². The van der Waals surface area contributed by atoms with Crippen molar-refractivity contribution >= 4 is 11.6 Å². The summed E-state index contributed by atoms with van der Waals surface area (Å²) >= 11 is 6.33. The second-order valence-electron chi connectivity index (χ2n) is 4.49. The molecule has 3 rings (SSSR count). The Bertz CT molecular complexity index is 594. The predicted octanol–water partition coefficient (Wildman–Crippen LogP) is 2.36. The maximum atomic E-state index is 6.33. The van der Waals surface area contributed by atoms with Crippen LogP contribution < -0.4 is 5.73 Å². The summed E-state index contributed by atoms with van der Waals surface area (Å²) in [5.41, 5.74) is 9.92. The van der Waals surface area contributed by atoms with Crippen LogP contribution in [0.4, 0.5) is 0 Å². The van der Waals surface area contributed by atoms with Crippen LogP contribution in [0.15, 0.2) is 24.4 Å². The first-order valence-corrected chi connectivity index (χ1v) is 6.22. The Balaban J connectivity index is 2.16. The molecule has 0 unspecified atom stereocenters. The molecule has 5 heteroatoms. The van der Waals surface area contributed by atoms with Crippen molar-refractivity contribution in [3.8, 4) is 5.69 Å². The van der Waals surface area contributed by atoms with Gasteiger partial charge >= 0.3 is 0 Å². The van der Waals surface area contributed by atoms with Crippen LogP contribution in [0, 0.1) is 6.92 Å². The molecule has 0 aliphatic carbocycles. The van der Waals surface area contributed by atoms with Gasteiger partial charge in [0.15, 0.2) is 0 Å². The molecule has 0 radical (unpaired) electrons. The molecule has 4 nitrogen and oxygen atoms in total. The number of halogens is 1. The minimum atomic E-state index is -0.105. The fourth-order valence-electron chi connectivity index (χ4n) is 2.22. The van der Waals surface area contributed by atoms with Crippen molar-refractivity contribution in [1.82, 2.24) is 9.78 Å². The van der Waals surface area contributed by atoms with Gasteiger partial charge < -0.3 is 10.5 Å². The second-order valence-corrected chi connectivity index (χ2v) is 4.87. The molecule has 0 spiro atoms. The van der Waals surface area contributed by atoms with E-state index >= 15 is 0 Å². The molecule has 1 aliphatic heterocycles. The molecule has 18 heavy (non-hydrogen) atoms. The maximum Gasteiger partial charge on any atom is 0.0893 e. The number of nitrogens with two attached hydrogens (primary N) is 1. The largest absolute Gasteiger partial charge is 0.373 e. The predicted molar refractivity (Wildman–Crippen MR) is 69.9 cm³/mol. The average Bonchev–Trinajstić information content (AvgIpc) is 2.78. The Morgan fingerprint density at radius 2 is 2.33 bits per heavy atom. The summed E-state index contributed by atoms with van der Waals surface area (Å²) in [6.07, 6.45) is 1.81. The van der Waals surface area contributed by atoms with Gasteiger partial charge in [0.1, 0.15) is 0 Å². The van der Waals surface area contributed by atoms with Gasteiger partial charge in [-0.25, -0.2) is 4.68 Å². The van der Waals surface area contributed by atoms with Crippen LogP contribution >= 0.6 is 11.6 Å². The van der Waals surface area contributed by atoms with E-state index in [9.17, 15) is 0 Å². The highest BCUT2D eigenvalue weighted by molar-refractivity contribution is 6.33. The van der Waals surface area contributed by atoms with E-state index in [1.54, 1.807) is 6.20 Å². The molecule has 0 saturated heterocycles. The van der Waals surface area contributed by atoms with E-state index in [1.165, 1.54) is 0 Å². The Morgan fingerprint density at radius 1 is 1.50 bits per heavy atom. The van der Waals surface area contributed by atoms with Crippen LogP contribution in [-0.4, -0.2) is 16.4 Å². The van der Waals surface area contributed by atoms with E-state index < -0.39 is 0 Å². The summed E-state index contributed by atoms with van der Waals surface area (Å²) in [7, 11) is 0. The van der Waals surface area contributed by atoms with Gasteiger partial charge in [0.05, 0.1) is 41.9 Å². The zero-order valence-corrected chi connectivity index (χ0v) is 10.8. The molecule has 94 valence electrons. The lowest BCUT2D eigenvalue weighted by atomic mass is 10.1. The lowest BCUT2D eigenvalue weighted by molar-refractivity contribution is 0.0885. The molecule has 2 aromatic rings. The number of nitrogens with zero attached hydrogens (tertiary/aromatic N) is 2. The number of fused-ring (bicyclic) bond motifs is 1. The molecule has 1 atom stereocenters. The first-order chi connectivity index (χ1) is 8.68. The van der Waals surface area contributed by atoms with E-state index in [2.05, 4.69) is 5.10 Å². The van der Waals surface area contributed by atoms with Crippen LogP contribution in [0.25, 0.3) is 5.69 Å². The number of hydrogen-bond donors (Lipinski definition) is 1. The highest BCUT2D eigenvalue weighted by atomic mass is 35.5. The van der Waals surface area contributed by atoms with Crippen molar-refractivity contribution < 1.29 is 4.74 Å². The van der Waals surface area contributed by atoms with E-state index in [1.807, 2.05) is 29.8 Å². The van der Waals surface area contributed by atoms with Gasteiger partial charge in [0.25, 0.3) is 0 Å². The molecule has 1 aliphatic rings. The number of aromatic nitrogens is 2. The van der Waals surface area contributed by atoms with E-state index in [0.717, 1.165) is 22.5 Å². The van der Waals surface area contributed by atoms with Crippen molar-refractivity contribution in [3.05, 3.63) is 46.2 Å². The lowest BCUT2D eigenvalue weighted by Crippen LogP contribution is -2.24. The zero-order valence-electron chi connectivity index (χ0n) is 10.1. The summed E-state index contributed by atoms with van der Waals surface area (Å²) < 4.78 is 7.29. The SMILES string of the molecule is Cc1cccc(-n2ncc3c2COC[C@H]3N)c1Cl. The molecule has 0 fully saturated rings. The van der Waals surface area contributed by atoms with Gasteiger partial charge in [-0.2, -0.15) is 5.10 Å². The molecular weight excluding hydrogens is 250 g/mol. The molecule has 0 saturated carbocycles. The van der Waals surface area contributed by atoms with Crippen LogP contribution in [0.3, 0.4) is 0 Å². The van der Waals surface area contributed by atoms with Crippen molar-refractivity contribution in [2.75, 3.05) is 6.61 Å². The minimum absolute atomic E-state index is 0.105. The summed E-state index contributed by atoms with van der Waals surface area (Å²) in [6, 6.07) is 5.78. The quantitative estimate of drug-likeness (QED) is 0.859. The van der Waals surface area contributed by atoms with Gasteiger partial charge in [-0.05, 0) is 18.6 Å². The number of benzene rings is 1. The monoisotopic (exact) mass is 263 g/mol. The van der Waals surface area contributed by atoms with Crippen LogP contribution in [0.2, 0.25) is 5.02 Å². The van der Waals surface area contributed by atoms with E-state index in [4.69, 9.17) is 22.1 Å². The van der Waals surface area contributed by atoms with Gasteiger partial charge in [-0.3, -0.25) is 0 Å². The van der Waals surface area contributed by atoms with Crippen molar-refractivity contribution in [3.63, 3.8) is 0 Å². The fraction of sp³-hybridized carbons (Fsp3) is 0.308. The summed E-state index contributed by atoms with van der Waals surface area (Å²) in [6.45, 7) is 3.04. The van der Waals surface area contributed by atoms with Crippen molar-refractivity contribution in [2.45, 2.75) is 19.6 Å². The van der Waals surface area contributed by atoms with Crippen LogP contribution in [-0.2, 0) is 11.3 Å². The molecule has 2 N–H and O–H groups in total. The zero-order chi connectivity index (χ0) is 12.7. The third kappa shape index (κ3) is 1.73. The van der Waals surface area contributed by atoms with Crippen molar-refractivity contribution in [2.24, 2.45) is 5.73 Å². The van der Waals surface area contributed by atoms with E-state index in [-0.39, 0.29) is 6.04 Å². The Morgan fingerprint density at radius 3 is 3.17 bits per heavy atom. The number of ether oxygens (including phenoxy) is 1. The Labute approximate surface area is 110 Å². The Kier molecular flexibility index (Phi) is 2.86. The molecule has 0 amide bonds. The first-order valence-electron chi connectivity index (χ1n) is 5.84. The lowest BCUT2D eigenvalue weighted by Gasteiger charge is -2.20. The average molecular weight is 264 g/mol.